The average molecular weight is 250 g/mol. The van der Waals surface area contributed by atoms with Gasteiger partial charge in [-0.25, -0.2) is 0 Å². The normalized spacial score (nSPS) is 10.4. The number of hydrogen-bond donors (Lipinski definition) is 2. The van der Waals surface area contributed by atoms with Crippen LogP contribution in [0, 0.1) is 6.92 Å². The summed E-state index contributed by atoms with van der Waals surface area (Å²) < 4.78 is 0. The quantitative estimate of drug-likeness (QED) is 0.810. The molecule has 0 radical (unpaired) electrons. The van der Waals surface area contributed by atoms with Gasteiger partial charge in [0, 0.05) is 13.1 Å². The molecule has 0 saturated carbocycles. The fourth-order valence-corrected chi connectivity index (χ4v) is 1.86. The van der Waals surface area contributed by atoms with Crippen molar-refractivity contribution >= 4 is 5.91 Å². The lowest BCUT2D eigenvalue weighted by molar-refractivity contribution is 0.0751. The zero-order valence-electron chi connectivity index (χ0n) is 11.1. The molecule has 0 spiro atoms. The lowest BCUT2D eigenvalue weighted by atomic mass is 10.1. The summed E-state index contributed by atoms with van der Waals surface area (Å²) in [6, 6.07) is 5.12. The third-order valence-electron chi connectivity index (χ3n) is 2.80. The van der Waals surface area contributed by atoms with Crippen LogP contribution >= 0.6 is 0 Å². The van der Waals surface area contributed by atoms with Gasteiger partial charge in [0.05, 0.1) is 5.56 Å². The molecular formula is C14H22N2O2. The number of carbonyl (C=O) groups is 1. The number of phenols is 1. The first-order valence-electron chi connectivity index (χ1n) is 6.39. The topological polar surface area (TPSA) is 66.6 Å². The minimum atomic E-state index is -0.122. The predicted molar refractivity (Wildman–Crippen MR) is 72.7 cm³/mol. The minimum Gasteiger partial charge on any atom is -0.507 e. The molecule has 0 fully saturated rings. The van der Waals surface area contributed by atoms with Crippen molar-refractivity contribution in [1.29, 1.82) is 0 Å². The van der Waals surface area contributed by atoms with Gasteiger partial charge in [-0.3, -0.25) is 4.79 Å². The molecule has 0 aromatic heterocycles. The molecule has 100 valence electrons. The number of benzene rings is 1. The molecule has 4 heteroatoms. The van der Waals surface area contributed by atoms with Crippen molar-refractivity contribution in [2.45, 2.75) is 26.7 Å². The molecule has 0 saturated heterocycles. The molecule has 3 N–H and O–H groups in total. The van der Waals surface area contributed by atoms with Crippen LogP contribution in [0.25, 0.3) is 0 Å². The van der Waals surface area contributed by atoms with E-state index in [1.54, 1.807) is 17.0 Å². The van der Waals surface area contributed by atoms with E-state index in [0.717, 1.165) is 18.4 Å². The molecule has 0 atom stereocenters. The number of amides is 1. The van der Waals surface area contributed by atoms with Crippen LogP contribution in [0.1, 0.15) is 35.7 Å². The molecule has 0 bridgehead atoms. The Balaban J connectivity index is 2.87. The van der Waals surface area contributed by atoms with Crippen molar-refractivity contribution in [3.63, 3.8) is 0 Å². The van der Waals surface area contributed by atoms with Crippen molar-refractivity contribution in [2.75, 3.05) is 19.6 Å². The maximum atomic E-state index is 12.3. The van der Waals surface area contributed by atoms with Crippen LogP contribution in [0.4, 0.5) is 0 Å². The van der Waals surface area contributed by atoms with Gasteiger partial charge in [0.2, 0.25) is 0 Å². The summed E-state index contributed by atoms with van der Waals surface area (Å²) in [6.45, 7) is 5.79. The Kier molecular flexibility index (Phi) is 5.65. The van der Waals surface area contributed by atoms with Gasteiger partial charge in [0.1, 0.15) is 5.75 Å². The molecule has 0 aliphatic heterocycles. The summed E-state index contributed by atoms with van der Waals surface area (Å²) in [6.07, 6.45) is 1.67. The Morgan fingerprint density at radius 3 is 2.67 bits per heavy atom. The Morgan fingerprint density at radius 2 is 2.11 bits per heavy atom. The Morgan fingerprint density at radius 1 is 1.39 bits per heavy atom. The zero-order chi connectivity index (χ0) is 13.5. The molecule has 4 nitrogen and oxygen atoms in total. The van der Waals surface area contributed by atoms with Gasteiger partial charge in [0.25, 0.3) is 5.91 Å². The minimum absolute atomic E-state index is 0.0499. The van der Waals surface area contributed by atoms with Gasteiger partial charge in [0.15, 0.2) is 0 Å². The molecule has 1 rings (SSSR count). The summed E-state index contributed by atoms with van der Waals surface area (Å²) in [5.74, 6) is -0.0725. The second-order valence-electron chi connectivity index (χ2n) is 4.46. The van der Waals surface area contributed by atoms with Crippen LogP contribution in [0.5, 0.6) is 5.75 Å². The van der Waals surface area contributed by atoms with Gasteiger partial charge in [-0.15, -0.1) is 0 Å². The number of aromatic hydroxyl groups is 1. The highest BCUT2D eigenvalue weighted by Crippen LogP contribution is 2.20. The number of nitrogens with two attached hydrogens (primary N) is 1. The van der Waals surface area contributed by atoms with Crippen molar-refractivity contribution in [3.05, 3.63) is 29.3 Å². The highest BCUT2D eigenvalue weighted by molar-refractivity contribution is 5.96. The summed E-state index contributed by atoms with van der Waals surface area (Å²) >= 11 is 0. The summed E-state index contributed by atoms with van der Waals surface area (Å²) in [7, 11) is 0. The number of hydrogen-bond acceptors (Lipinski definition) is 3. The van der Waals surface area contributed by atoms with E-state index in [0.29, 0.717) is 25.2 Å². The fraction of sp³-hybridized carbons (Fsp3) is 0.500. The van der Waals surface area contributed by atoms with Gasteiger partial charge >= 0.3 is 0 Å². The van der Waals surface area contributed by atoms with E-state index in [4.69, 9.17) is 5.73 Å². The third kappa shape index (κ3) is 3.74. The van der Waals surface area contributed by atoms with Crippen LogP contribution in [0.15, 0.2) is 18.2 Å². The summed E-state index contributed by atoms with van der Waals surface area (Å²) in [4.78, 5) is 14.0. The highest BCUT2D eigenvalue weighted by Gasteiger charge is 2.17. The molecule has 18 heavy (non-hydrogen) atoms. The maximum Gasteiger partial charge on any atom is 0.257 e. The highest BCUT2D eigenvalue weighted by atomic mass is 16.3. The lowest BCUT2D eigenvalue weighted by Gasteiger charge is -2.22. The van der Waals surface area contributed by atoms with E-state index in [9.17, 15) is 9.90 Å². The average Bonchev–Trinajstić information content (AvgIpc) is 2.33. The first kappa shape index (κ1) is 14.5. The van der Waals surface area contributed by atoms with Gasteiger partial charge in [-0.05, 0) is 44.0 Å². The number of nitrogens with zero attached hydrogens (tertiary/aromatic N) is 1. The van der Waals surface area contributed by atoms with E-state index in [2.05, 4.69) is 0 Å². The summed E-state index contributed by atoms with van der Waals surface area (Å²) in [5.41, 5.74) is 6.78. The third-order valence-corrected chi connectivity index (χ3v) is 2.80. The molecule has 0 aliphatic rings. The first-order chi connectivity index (χ1) is 8.60. The van der Waals surface area contributed by atoms with Crippen LogP contribution in [-0.4, -0.2) is 35.5 Å². The molecule has 0 heterocycles. The van der Waals surface area contributed by atoms with E-state index >= 15 is 0 Å². The van der Waals surface area contributed by atoms with Crippen molar-refractivity contribution in [2.24, 2.45) is 5.73 Å². The molecule has 0 unspecified atom stereocenters. The Hall–Kier alpha value is -1.55. The Labute approximate surface area is 108 Å². The van der Waals surface area contributed by atoms with Crippen molar-refractivity contribution in [3.8, 4) is 5.75 Å². The van der Waals surface area contributed by atoms with E-state index in [1.807, 2.05) is 19.9 Å². The standard InChI is InChI=1S/C14H22N2O2/c1-3-8-16(9-4-7-15)14(18)12-6-5-11(2)10-13(12)17/h5-6,10,17H,3-4,7-9,15H2,1-2H3. The monoisotopic (exact) mass is 250 g/mol. The molecule has 0 aliphatic carbocycles. The SMILES string of the molecule is CCCN(CCCN)C(=O)c1ccc(C)cc1O. The summed E-state index contributed by atoms with van der Waals surface area (Å²) in [5, 5.41) is 9.83. The largest absolute Gasteiger partial charge is 0.507 e. The van der Waals surface area contributed by atoms with Crippen molar-refractivity contribution < 1.29 is 9.90 Å². The van der Waals surface area contributed by atoms with Gasteiger partial charge in [-0.2, -0.15) is 0 Å². The molecular weight excluding hydrogens is 228 g/mol. The first-order valence-corrected chi connectivity index (χ1v) is 6.39. The predicted octanol–water partition coefficient (Wildman–Crippen LogP) is 1.90. The van der Waals surface area contributed by atoms with E-state index in [-0.39, 0.29) is 11.7 Å². The van der Waals surface area contributed by atoms with Crippen molar-refractivity contribution in [1.82, 2.24) is 4.90 Å². The number of phenolic OH excluding ortho intramolecular Hbond substituents is 1. The van der Waals surface area contributed by atoms with Gasteiger partial charge in [-0.1, -0.05) is 13.0 Å². The van der Waals surface area contributed by atoms with Crippen LogP contribution in [-0.2, 0) is 0 Å². The Bertz CT molecular complexity index is 405. The molecule has 1 aromatic carbocycles. The van der Waals surface area contributed by atoms with E-state index < -0.39 is 0 Å². The molecule has 1 amide bonds. The smallest absolute Gasteiger partial charge is 0.257 e. The van der Waals surface area contributed by atoms with Gasteiger partial charge < -0.3 is 15.7 Å². The second kappa shape index (κ2) is 7.01. The number of rotatable bonds is 6. The lowest BCUT2D eigenvalue weighted by Crippen LogP contribution is -2.33. The maximum absolute atomic E-state index is 12.3. The van der Waals surface area contributed by atoms with Crippen LogP contribution in [0.3, 0.4) is 0 Å². The van der Waals surface area contributed by atoms with E-state index in [1.165, 1.54) is 0 Å². The number of carbonyl (C=O) groups excluding carboxylic acids is 1. The zero-order valence-corrected chi connectivity index (χ0v) is 11.1. The molecule has 1 aromatic rings. The fourth-order valence-electron chi connectivity index (χ4n) is 1.86. The number of aryl methyl sites for hydroxylation is 1. The second-order valence-corrected chi connectivity index (χ2v) is 4.46. The van der Waals surface area contributed by atoms with Crippen LogP contribution in [0.2, 0.25) is 0 Å². The van der Waals surface area contributed by atoms with Crippen LogP contribution < -0.4 is 5.73 Å².